The van der Waals surface area contributed by atoms with Crippen LogP contribution in [0.15, 0.2) is 30.3 Å². The fourth-order valence-electron chi connectivity index (χ4n) is 2.54. The Labute approximate surface area is 138 Å². The van der Waals surface area contributed by atoms with Crippen LogP contribution in [0.3, 0.4) is 0 Å². The first kappa shape index (κ1) is 17.3. The second kappa shape index (κ2) is 7.95. The third kappa shape index (κ3) is 5.23. The van der Waals surface area contributed by atoms with Gasteiger partial charge in [-0.25, -0.2) is 4.68 Å². The first-order chi connectivity index (χ1) is 11.0. The van der Waals surface area contributed by atoms with Crippen LogP contribution >= 0.6 is 0 Å². The molecule has 2 rings (SSSR count). The van der Waals surface area contributed by atoms with Gasteiger partial charge in [-0.2, -0.15) is 5.10 Å². The molecule has 23 heavy (non-hydrogen) atoms. The van der Waals surface area contributed by atoms with Crippen LogP contribution in [0.2, 0.25) is 0 Å². The molecule has 1 aromatic heterocycles. The van der Waals surface area contributed by atoms with E-state index in [1.807, 2.05) is 11.6 Å². The van der Waals surface area contributed by atoms with E-state index < -0.39 is 0 Å². The zero-order chi connectivity index (χ0) is 16.8. The van der Waals surface area contributed by atoms with Crippen LogP contribution in [0, 0.1) is 19.8 Å². The van der Waals surface area contributed by atoms with Gasteiger partial charge in [-0.05, 0) is 56.4 Å². The van der Waals surface area contributed by atoms with Gasteiger partial charge in [0.15, 0.2) is 0 Å². The highest BCUT2D eigenvalue weighted by Gasteiger charge is 2.05. The third-order valence-electron chi connectivity index (χ3n) is 3.88. The number of amides is 1. The Bertz CT molecular complexity index is 641. The fourth-order valence-corrected chi connectivity index (χ4v) is 2.54. The van der Waals surface area contributed by atoms with E-state index in [4.69, 9.17) is 0 Å². The molecule has 4 heteroatoms. The predicted octanol–water partition coefficient (Wildman–Crippen LogP) is 3.58. The Morgan fingerprint density at radius 2 is 1.91 bits per heavy atom. The number of carbonyl (C=O) groups excluding carboxylic acids is 1. The van der Waals surface area contributed by atoms with Crippen molar-refractivity contribution in [2.75, 3.05) is 6.54 Å². The van der Waals surface area contributed by atoms with Crippen molar-refractivity contribution >= 4 is 5.91 Å². The van der Waals surface area contributed by atoms with Crippen LogP contribution in [-0.4, -0.2) is 22.2 Å². The summed E-state index contributed by atoms with van der Waals surface area (Å²) in [5.41, 5.74) is 4.37. The lowest BCUT2D eigenvalue weighted by Gasteiger charge is -2.08. The molecular weight excluding hydrogens is 286 g/mol. The molecule has 0 aliphatic carbocycles. The highest BCUT2D eigenvalue weighted by atomic mass is 16.1. The number of aromatic nitrogens is 2. The lowest BCUT2D eigenvalue weighted by atomic mass is 10.1. The van der Waals surface area contributed by atoms with Crippen LogP contribution in [0.5, 0.6) is 0 Å². The maximum atomic E-state index is 11.8. The van der Waals surface area contributed by atoms with Gasteiger partial charge in [0.25, 0.3) is 0 Å². The molecule has 1 amide bonds. The Balaban J connectivity index is 1.86. The van der Waals surface area contributed by atoms with Gasteiger partial charge in [0, 0.05) is 18.7 Å². The van der Waals surface area contributed by atoms with Crippen molar-refractivity contribution in [3.8, 4) is 5.69 Å². The highest BCUT2D eigenvalue weighted by molar-refractivity contribution is 5.76. The van der Waals surface area contributed by atoms with Crippen molar-refractivity contribution < 1.29 is 4.79 Å². The number of rotatable bonds is 7. The quantitative estimate of drug-likeness (QED) is 0.849. The van der Waals surface area contributed by atoms with Crippen LogP contribution in [0.4, 0.5) is 0 Å². The maximum absolute atomic E-state index is 11.8. The zero-order valence-electron chi connectivity index (χ0n) is 14.6. The summed E-state index contributed by atoms with van der Waals surface area (Å²) in [5, 5.41) is 7.46. The zero-order valence-corrected chi connectivity index (χ0v) is 14.6. The number of nitrogens with one attached hydrogen (secondary N) is 1. The molecule has 0 aliphatic rings. The number of hydrogen-bond donors (Lipinski definition) is 1. The Morgan fingerprint density at radius 3 is 2.48 bits per heavy atom. The molecule has 0 aliphatic heterocycles. The summed E-state index contributed by atoms with van der Waals surface area (Å²) in [6.45, 7) is 9.14. The van der Waals surface area contributed by atoms with Crippen molar-refractivity contribution in [1.82, 2.24) is 15.1 Å². The fraction of sp³-hybridized carbons (Fsp3) is 0.474. The number of nitrogens with zero attached hydrogens (tertiary/aromatic N) is 2. The van der Waals surface area contributed by atoms with Gasteiger partial charge < -0.3 is 5.32 Å². The van der Waals surface area contributed by atoms with Crippen molar-refractivity contribution in [3.63, 3.8) is 0 Å². The second-order valence-electron chi connectivity index (χ2n) is 6.54. The predicted molar refractivity (Wildman–Crippen MR) is 93.8 cm³/mol. The maximum Gasteiger partial charge on any atom is 0.220 e. The first-order valence-corrected chi connectivity index (χ1v) is 8.35. The summed E-state index contributed by atoms with van der Waals surface area (Å²) >= 11 is 0. The summed E-state index contributed by atoms with van der Waals surface area (Å²) in [4.78, 5) is 11.8. The monoisotopic (exact) mass is 313 g/mol. The molecule has 0 fully saturated rings. The second-order valence-corrected chi connectivity index (χ2v) is 6.54. The van der Waals surface area contributed by atoms with E-state index >= 15 is 0 Å². The van der Waals surface area contributed by atoms with Gasteiger partial charge in [0.05, 0.1) is 11.4 Å². The van der Waals surface area contributed by atoms with E-state index in [-0.39, 0.29) is 5.91 Å². The van der Waals surface area contributed by atoms with Crippen molar-refractivity contribution in [3.05, 3.63) is 47.3 Å². The smallest absolute Gasteiger partial charge is 0.220 e. The molecule has 0 bridgehead atoms. The van der Waals surface area contributed by atoms with Gasteiger partial charge in [0.1, 0.15) is 0 Å². The van der Waals surface area contributed by atoms with Crippen molar-refractivity contribution in [2.45, 2.75) is 47.0 Å². The van der Waals surface area contributed by atoms with Crippen LogP contribution < -0.4 is 5.32 Å². The standard InChI is InChI=1S/C19H27N3O/c1-14(2)11-12-20-19(23)10-7-17-5-8-18(9-6-17)22-16(4)13-15(3)21-22/h5-6,8-9,13-14H,7,10-12H2,1-4H3,(H,20,23). The molecular formula is C19H27N3O. The molecule has 0 spiro atoms. The van der Waals surface area contributed by atoms with E-state index in [0.717, 1.165) is 36.5 Å². The Kier molecular flexibility index (Phi) is 5.97. The normalized spacial score (nSPS) is 11.0. The van der Waals surface area contributed by atoms with E-state index in [9.17, 15) is 4.79 Å². The minimum absolute atomic E-state index is 0.133. The van der Waals surface area contributed by atoms with Crippen molar-refractivity contribution in [2.24, 2.45) is 5.92 Å². The van der Waals surface area contributed by atoms with Crippen molar-refractivity contribution in [1.29, 1.82) is 0 Å². The Hall–Kier alpha value is -2.10. The molecule has 0 unspecified atom stereocenters. The van der Waals surface area contributed by atoms with Gasteiger partial charge in [0.2, 0.25) is 5.91 Å². The molecule has 0 saturated heterocycles. The molecule has 0 atom stereocenters. The molecule has 1 aromatic carbocycles. The van der Waals surface area contributed by atoms with Crippen LogP contribution in [-0.2, 0) is 11.2 Å². The molecule has 0 saturated carbocycles. The number of hydrogen-bond acceptors (Lipinski definition) is 2. The lowest BCUT2D eigenvalue weighted by Crippen LogP contribution is -2.25. The molecule has 124 valence electrons. The number of carbonyl (C=O) groups is 1. The van der Waals surface area contributed by atoms with Crippen LogP contribution in [0.25, 0.3) is 5.69 Å². The summed E-state index contributed by atoms with van der Waals surface area (Å²) in [5.74, 6) is 0.755. The van der Waals surface area contributed by atoms with E-state index in [1.54, 1.807) is 0 Å². The lowest BCUT2D eigenvalue weighted by molar-refractivity contribution is -0.121. The van der Waals surface area contributed by atoms with E-state index in [0.29, 0.717) is 12.3 Å². The summed E-state index contributed by atoms with van der Waals surface area (Å²) < 4.78 is 1.94. The van der Waals surface area contributed by atoms with Gasteiger partial charge in [-0.15, -0.1) is 0 Å². The summed E-state index contributed by atoms with van der Waals surface area (Å²) in [6.07, 6.45) is 2.34. The summed E-state index contributed by atoms with van der Waals surface area (Å²) in [6, 6.07) is 10.3. The minimum atomic E-state index is 0.133. The average molecular weight is 313 g/mol. The molecule has 4 nitrogen and oxygen atoms in total. The highest BCUT2D eigenvalue weighted by Crippen LogP contribution is 2.14. The third-order valence-corrected chi connectivity index (χ3v) is 3.88. The van der Waals surface area contributed by atoms with Gasteiger partial charge >= 0.3 is 0 Å². The molecule has 0 radical (unpaired) electrons. The molecule has 2 aromatic rings. The SMILES string of the molecule is Cc1cc(C)n(-c2ccc(CCC(=O)NCCC(C)C)cc2)n1. The summed E-state index contributed by atoms with van der Waals surface area (Å²) in [7, 11) is 0. The van der Waals surface area contributed by atoms with E-state index in [1.165, 1.54) is 5.56 Å². The van der Waals surface area contributed by atoms with Gasteiger partial charge in [-0.3, -0.25) is 4.79 Å². The Morgan fingerprint density at radius 1 is 1.22 bits per heavy atom. The van der Waals surface area contributed by atoms with Crippen LogP contribution in [0.1, 0.15) is 43.6 Å². The van der Waals surface area contributed by atoms with Gasteiger partial charge in [-0.1, -0.05) is 26.0 Å². The molecule has 1 N–H and O–H groups in total. The number of benzene rings is 1. The first-order valence-electron chi connectivity index (χ1n) is 8.35. The molecule has 1 heterocycles. The van der Waals surface area contributed by atoms with E-state index in [2.05, 4.69) is 61.5 Å². The minimum Gasteiger partial charge on any atom is -0.356 e. The largest absolute Gasteiger partial charge is 0.356 e. The topological polar surface area (TPSA) is 46.9 Å². The average Bonchev–Trinajstić information content (AvgIpc) is 2.84. The number of aryl methyl sites for hydroxylation is 3.